The van der Waals surface area contributed by atoms with E-state index in [-0.39, 0.29) is 0 Å². The number of rotatable bonds is 6. The van der Waals surface area contributed by atoms with Gasteiger partial charge in [-0.2, -0.15) is 5.10 Å². The van der Waals surface area contributed by atoms with Crippen molar-refractivity contribution in [3.8, 4) is 0 Å². The van der Waals surface area contributed by atoms with Crippen LogP contribution in [0.25, 0.3) is 0 Å². The van der Waals surface area contributed by atoms with Gasteiger partial charge in [0.2, 0.25) is 0 Å². The highest BCUT2D eigenvalue weighted by Gasteiger charge is 2.05. The summed E-state index contributed by atoms with van der Waals surface area (Å²) in [6, 6.07) is 5.47. The zero-order valence-corrected chi connectivity index (χ0v) is 13.1. The Bertz CT molecular complexity index is 566. The molecule has 0 aliphatic rings. The molecular weight excluding hydrogens is 295 g/mol. The molecule has 0 radical (unpaired) electrons. The van der Waals surface area contributed by atoms with Crippen molar-refractivity contribution < 1.29 is 0 Å². The lowest BCUT2D eigenvalue weighted by Gasteiger charge is -2.05. The van der Waals surface area contributed by atoms with Crippen LogP contribution in [0.4, 0.5) is 0 Å². The first-order valence-corrected chi connectivity index (χ1v) is 7.33. The molecule has 2 rings (SSSR count). The summed E-state index contributed by atoms with van der Waals surface area (Å²) < 4.78 is 1.78. The van der Waals surface area contributed by atoms with E-state index in [1.54, 1.807) is 17.1 Å². The van der Waals surface area contributed by atoms with Gasteiger partial charge >= 0.3 is 0 Å². The van der Waals surface area contributed by atoms with Crippen LogP contribution in [0.3, 0.4) is 0 Å². The Kier molecular flexibility index (Phi) is 5.40. The SMILES string of the molecule is CC(C)CNCc1ncn(Cc2ccc(Cl)cc2Cl)n1. The van der Waals surface area contributed by atoms with E-state index in [9.17, 15) is 0 Å². The molecule has 0 aliphatic carbocycles. The van der Waals surface area contributed by atoms with E-state index < -0.39 is 0 Å². The van der Waals surface area contributed by atoms with Gasteiger partial charge in [0.25, 0.3) is 0 Å². The lowest BCUT2D eigenvalue weighted by Crippen LogP contribution is -2.19. The average Bonchev–Trinajstić information content (AvgIpc) is 2.80. The summed E-state index contributed by atoms with van der Waals surface area (Å²) in [5.74, 6) is 1.40. The number of hydrogen-bond donors (Lipinski definition) is 1. The molecule has 1 aromatic carbocycles. The number of nitrogens with one attached hydrogen (secondary N) is 1. The third-order valence-electron chi connectivity index (χ3n) is 2.77. The summed E-state index contributed by atoms with van der Waals surface area (Å²) in [6.07, 6.45) is 1.72. The summed E-state index contributed by atoms with van der Waals surface area (Å²) in [6.45, 7) is 6.56. The van der Waals surface area contributed by atoms with Crippen LogP contribution in [0.1, 0.15) is 25.2 Å². The first-order valence-electron chi connectivity index (χ1n) is 6.57. The Morgan fingerprint density at radius 2 is 2.10 bits per heavy atom. The molecule has 0 saturated heterocycles. The molecule has 0 aliphatic heterocycles. The second kappa shape index (κ2) is 7.07. The maximum absolute atomic E-state index is 6.15. The Morgan fingerprint density at radius 1 is 1.30 bits per heavy atom. The predicted molar refractivity (Wildman–Crippen MR) is 82.1 cm³/mol. The molecule has 0 saturated carbocycles. The van der Waals surface area contributed by atoms with Crippen LogP contribution in [0.15, 0.2) is 24.5 Å². The second-order valence-electron chi connectivity index (χ2n) is 5.12. The minimum Gasteiger partial charge on any atom is -0.310 e. The van der Waals surface area contributed by atoms with Gasteiger partial charge in [0.05, 0.1) is 13.1 Å². The van der Waals surface area contributed by atoms with Crippen LogP contribution in [0.2, 0.25) is 10.0 Å². The van der Waals surface area contributed by atoms with Crippen molar-refractivity contribution in [2.24, 2.45) is 5.92 Å². The van der Waals surface area contributed by atoms with Crippen molar-refractivity contribution in [3.63, 3.8) is 0 Å². The fourth-order valence-corrected chi connectivity index (χ4v) is 2.26. The molecular formula is C14H18Cl2N4. The highest BCUT2D eigenvalue weighted by Crippen LogP contribution is 2.21. The summed E-state index contributed by atoms with van der Waals surface area (Å²) in [5.41, 5.74) is 0.975. The highest BCUT2D eigenvalue weighted by atomic mass is 35.5. The van der Waals surface area contributed by atoms with Gasteiger partial charge in [0.15, 0.2) is 5.82 Å². The third-order valence-corrected chi connectivity index (χ3v) is 3.35. The molecule has 0 amide bonds. The van der Waals surface area contributed by atoms with Crippen molar-refractivity contribution in [2.75, 3.05) is 6.54 Å². The van der Waals surface area contributed by atoms with Crippen molar-refractivity contribution in [1.82, 2.24) is 20.1 Å². The molecule has 0 fully saturated rings. The molecule has 1 aromatic heterocycles. The van der Waals surface area contributed by atoms with Gasteiger partial charge in [-0.3, -0.25) is 0 Å². The summed E-state index contributed by atoms with van der Waals surface area (Å²) in [4.78, 5) is 4.28. The van der Waals surface area contributed by atoms with Gasteiger partial charge in [-0.05, 0) is 30.2 Å². The quantitative estimate of drug-likeness (QED) is 0.889. The Morgan fingerprint density at radius 3 is 2.80 bits per heavy atom. The van der Waals surface area contributed by atoms with Crippen molar-refractivity contribution >= 4 is 23.2 Å². The maximum atomic E-state index is 6.15. The van der Waals surface area contributed by atoms with Crippen molar-refractivity contribution in [3.05, 3.63) is 46.0 Å². The summed E-state index contributed by atoms with van der Waals surface area (Å²) in [5, 5.41) is 9.01. The standard InChI is InChI=1S/C14H18Cl2N4/c1-10(2)6-17-7-14-18-9-20(19-14)8-11-3-4-12(15)5-13(11)16/h3-5,9-10,17H,6-8H2,1-2H3. The smallest absolute Gasteiger partial charge is 0.164 e. The Hall–Kier alpha value is -1.10. The monoisotopic (exact) mass is 312 g/mol. The topological polar surface area (TPSA) is 42.7 Å². The Balaban J connectivity index is 1.95. The molecule has 6 heteroatoms. The number of hydrogen-bond acceptors (Lipinski definition) is 3. The maximum Gasteiger partial charge on any atom is 0.164 e. The van der Waals surface area contributed by atoms with E-state index in [1.165, 1.54) is 0 Å². The van der Waals surface area contributed by atoms with E-state index in [2.05, 4.69) is 29.2 Å². The van der Waals surface area contributed by atoms with Gasteiger partial charge in [-0.15, -0.1) is 0 Å². The van der Waals surface area contributed by atoms with Crippen LogP contribution in [-0.4, -0.2) is 21.3 Å². The van der Waals surface area contributed by atoms with Crippen LogP contribution in [-0.2, 0) is 13.1 Å². The molecule has 0 unspecified atom stereocenters. The van der Waals surface area contributed by atoms with Gasteiger partial charge in [0.1, 0.15) is 6.33 Å². The molecule has 0 bridgehead atoms. The van der Waals surface area contributed by atoms with E-state index in [4.69, 9.17) is 23.2 Å². The van der Waals surface area contributed by atoms with Crippen LogP contribution in [0, 0.1) is 5.92 Å². The van der Waals surface area contributed by atoms with Gasteiger partial charge in [-0.1, -0.05) is 43.1 Å². The lowest BCUT2D eigenvalue weighted by atomic mass is 10.2. The summed E-state index contributed by atoms with van der Waals surface area (Å²) >= 11 is 12.0. The van der Waals surface area contributed by atoms with E-state index in [1.807, 2.05) is 12.1 Å². The zero-order chi connectivity index (χ0) is 14.5. The minimum atomic E-state index is 0.590. The predicted octanol–water partition coefficient (Wildman–Crippen LogP) is 3.38. The van der Waals surface area contributed by atoms with Gasteiger partial charge in [0, 0.05) is 10.0 Å². The molecule has 108 valence electrons. The molecule has 20 heavy (non-hydrogen) atoms. The van der Waals surface area contributed by atoms with E-state index >= 15 is 0 Å². The van der Waals surface area contributed by atoms with Gasteiger partial charge < -0.3 is 5.32 Å². The van der Waals surface area contributed by atoms with E-state index in [0.29, 0.717) is 29.1 Å². The zero-order valence-electron chi connectivity index (χ0n) is 11.6. The van der Waals surface area contributed by atoms with Crippen LogP contribution in [0.5, 0.6) is 0 Å². The average molecular weight is 313 g/mol. The Labute approximate surface area is 129 Å². The molecule has 4 nitrogen and oxygen atoms in total. The molecule has 2 aromatic rings. The third kappa shape index (κ3) is 4.47. The normalized spacial score (nSPS) is 11.2. The number of aromatic nitrogens is 3. The first kappa shape index (κ1) is 15.3. The fourth-order valence-electron chi connectivity index (χ4n) is 1.79. The first-order chi connectivity index (χ1) is 9.54. The second-order valence-corrected chi connectivity index (χ2v) is 5.96. The number of halogens is 2. The number of benzene rings is 1. The number of nitrogens with zero attached hydrogens (tertiary/aromatic N) is 3. The molecule has 0 atom stereocenters. The van der Waals surface area contributed by atoms with Crippen LogP contribution >= 0.6 is 23.2 Å². The van der Waals surface area contributed by atoms with E-state index in [0.717, 1.165) is 17.9 Å². The van der Waals surface area contributed by atoms with Crippen LogP contribution < -0.4 is 5.32 Å². The molecule has 1 N–H and O–H groups in total. The lowest BCUT2D eigenvalue weighted by molar-refractivity contribution is 0.539. The fraction of sp³-hybridized carbons (Fsp3) is 0.429. The van der Waals surface area contributed by atoms with Crippen molar-refractivity contribution in [1.29, 1.82) is 0 Å². The molecule has 1 heterocycles. The highest BCUT2D eigenvalue weighted by molar-refractivity contribution is 6.35. The van der Waals surface area contributed by atoms with Gasteiger partial charge in [-0.25, -0.2) is 9.67 Å². The summed E-state index contributed by atoms with van der Waals surface area (Å²) in [7, 11) is 0. The largest absolute Gasteiger partial charge is 0.310 e. The minimum absolute atomic E-state index is 0.590. The van der Waals surface area contributed by atoms with Crippen molar-refractivity contribution in [2.45, 2.75) is 26.9 Å². The molecule has 0 spiro atoms.